The Labute approximate surface area is 380 Å². The third-order valence-electron chi connectivity index (χ3n) is 9.56. The fourth-order valence-corrected chi connectivity index (χ4v) is 3.00. The van der Waals surface area contributed by atoms with Gasteiger partial charge in [-0.2, -0.15) is 0 Å². The molecule has 4 N–H and O–H groups in total. The van der Waals surface area contributed by atoms with E-state index >= 15 is 0 Å². The van der Waals surface area contributed by atoms with E-state index in [2.05, 4.69) is 0 Å². The fraction of sp³-hybridized carbons (Fsp3) is 0.727. The Kier molecular flexibility index (Phi) is 26.2. The minimum atomic E-state index is -1.49. The molecule has 0 heterocycles. The van der Waals surface area contributed by atoms with Crippen LogP contribution in [0.1, 0.15) is 164 Å². The predicted octanol–water partition coefficient (Wildman–Crippen LogP) is 6.68. The van der Waals surface area contributed by atoms with Crippen LogP contribution in [0.25, 0.3) is 0 Å². The number of hydrogen-bond acceptors (Lipinski definition) is 12. The molecule has 0 radical (unpaired) electrons. The zero-order valence-corrected chi connectivity index (χ0v) is 42.5. The largest absolute Gasteiger partial charge is 0.481 e. The van der Waals surface area contributed by atoms with Crippen molar-refractivity contribution in [2.75, 3.05) is 0 Å². The number of carboxylic acids is 4. The Morgan fingerprint density at radius 2 is 0.344 bits per heavy atom. The summed E-state index contributed by atoms with van der Waals surface area (Å²) in [6, 6.07) is 0. The number of rotatable bonds is 16. The van der Waals surface area contributed by atoms with Gasteiger partial charge in [0.15, 0.2) is 23.1 Å². The van der Waals surface area contributed by atoms with Gasteiger partial charge in [0.25, 0.3) is 0 Å². The zero-order chi connectivity index (χ0) is 49.8. The molecule has 61 heavy (non-hydrogen) atoms. The van der Waals surface area contributed by atoms with Gasteiger partial charge in [-0.15, -0.1) is 0 Å². The van der Waals surface area contributed by atoms with Crippen LogP contribution in [-0.2, 0) is 83.7 Å². The Morgan fingerprint density at radius 1 is 0.246 bits per heavy atom. The summed E-state index contributed by atoms with van der Waals surface area (Å²) in [7, 11) is 0. The normalized spacial score (nSPS) is 12.1. The molecule has 0 aliphatic heterocycles. The summed E-state index contributed by atoms with van der Waals surface area (Å²) >= 11 is 0. The van der Waals surface area contributed by atoms with Gasteiger partial charge in [-0.25, -0.2) is 0 Å². The van der Waals surface area contributed by atoms with Crippen LogP contribution in [0.4, 0.5) is 0 Å². The fourth-order valence-electron chi connectivity index (χ4n) is 3.00. The Hall–Kier alpha value is -3.88. The summed E-state index contributed by atoms with van der Waals surface area (Å²) in [5, 5.41) is 35.2. The van der Waals surface area contributed by atoms with Crippen molar-refractivity contribution in [1.82, 2.24) is 0 Å². The molecule has 16 nitrogen and oxygen atoms in total. The van der Waals surface area contributed by atoms with Gasteiger partial charge in [0, 0.05) is 47.9 Å². The molecular formula is C44H72O16Zr. The van der Waals surface area contributed by atoms with E-state index in [1.165, 1.54) is 55.4 Å². The first kappa shape index (κ1) is 66.2. The molecule has 0 atom stereocenters. The van der Waals surface area contributed by atoms with E-state index in [0.29, 0.717) is 0 Å². The second-order valence-electron chi connectivity index (χ2n) is 20.8. The smallest absolute Gasteiger partial charge is 0.316 e. The van der Waals surface area contributed by atoms with E-state index in [1.807, 2.05) is 0 Å². The summed E-state index contributed by atoms with van der Waals surface area (Å²) in [5.41, 5.74) is -8.37. The average molecular weight is 948 g/mol. The van der Waals surface area contributed by atoms with Crippen molar-refractivity contribution in [2.45, 2.75) is 164 Å². The molecule has 0 fully saturated rings. The molecule has 0 saturated carbocycles. The van der Waals surface area contributed by atoms with E-state index in [-0.39, 0.29) is 75.0 Å². The van der Waals surface area contributed by atoms with Crippen LogP contribution in [0.3, 0.4) is 0 Å². The van der Waals surface area contributed by atoms with Gasteiger partial charge in [0.2, 0.25) is 0 Å². The maximum absolute atomic E-state index is 11.6. The zero-order valence-electron chi connectivity index (χ0n) is 40.0. The molecular weight excluding hydrogens is 876 g/mol. The summed E-state index contributed by atoms with van der Waals surface area (Å²) in [6.07, 6.45) is -1.27. The topological polar surface area (TPSA) is 286 Å². The molecule has 0 aliphatic rings. The van der Waals surface area contributed by atoms with Gasteiger partial charge < -0.3 is 20.4 Å². The van der Waals surface area contributed by atoms with E-state index in [1.54, 1.807) is 83.1 Å². The average Bonchev–Trinajstić information content (AvgIpc) is 3.03. The van der Waals surface area contributed by atoms with Gasteiger partial charge in [0.05, 0.1) is 25.7 Å². The predicted molar refractivity (Wildman–Crippen MR) is 222 cm³/mol. The maximum Gasteiger partial charge on any atom is 0.316 e. The minimum Gasteiger partial charge on any atom is -0.481 e. The molecule has 0 aromatic rings. The number of carboxylic acid groups (broad SMARTS) is 4. The first-order valence-electron chi connectivity index (χ1n) is 19.2. The molecule has 17 heteroatoms. The summed E-state index contributed by atoms with van der Waals surface area (Å²) in [4.78, 5) is 135. The summed E-state index contributed by atoms with van der Waals surface area (Å²) in [6.45, 7) is 31.0. The standard InChI is InChI=1S/4C11H18O4.Zr/c4*1-10(2,3)7(12)6-8(13)11(4,5)9(14)15;/h4*6H2,1-5H3,(H,14,15);. The Balaban J connectivity index is -0.000000227. The molecule has 0 aliphatic carbocycles. The van der Waals surface area contributed by atoms with E-state index in [0.717, 1.165) is 0 Å². The molecule has 0 amide bonds. The molecule has 0 unspecified atom stereocenters. The van der Waals surface area contributed by atoms with E-state index < -0.39 is 90.3 Å². The first-order valence-corrected chi connectivity index (χ1v) is 19.2. The molecule has 0 bridgehead atoms. The molecule has 0 aromatic carbocycles. The van der Waals surface area contributed by atoms with E-state index in [9.17, 15) is 57.5 Å². The van der Waals surface area contributed by atoms with Crippen molar-refractivity contribution in [3.63, 3.8) is 0 Å². The molecule has 0 aromatic heterocycles. The van der Waals surface area contributed by atoms with Crippen molar-refractivity contribution in [1.29, 1.82) is 0 Å². The number of carbonyl (C=O) groups is 12. The number of aliphatic carboxylic acids is 4. The van der Waals surface area contributed by atoms with Gasteiger partial charge >= 0.3 is 23.9 Å². The van der Waals surface area contributed by atoms with Crippen LogP contribution in [0.2, 0.25) is 0 Å². The van der Waals surface area contributed by atoms with Crippen molar-refractivity contribution >= 4 is 70.1 Å². The maximum atomic E-state index is 11.6. The molecule has 0 rings (SSSR count). The quantitative estimate of drug-likeness (QED) is 0.117. The van der Waals surface area contributed by atoms with Gasteiger partial charge in [0.1, 0.15) is 44.8 Å². The second kappa shape index (κ2) is 24.1. The van der Waals surface area contributed by atoms with Gasteiger partial charge in [-0.05, 0) is 55.4 Å². The monoisotopic (exact) mass is 946 g/mol. The third-order valence-corrected chi connectivity index (χ3v) is 9.56. The number of Topliss-reactive ketones (excluding diaryl/α,β-unsaturated/α-hetero) is 8. The third kappa shape index (κ3) is 23.2. The molecule has 0 saturated heterocycles. The number of ketones is 8. The number of hydrogen-bond donors (Lipinski definition) is 4. The van der Waals surface area contributed by atoms with Crippen molar-refractivity contribution in [2.24, 2.45) is 43.3 Å². The van der Waals surface area contributed by atoms with Crippen LogP contribution < -0.4 is 0 Å². The summed E-state index contributed by atoms with van der Waals surface area (Å²) in [5.74, 6) is -7.92. The minimum absolute atomic E-state index is 0. The van der Waals surface area contributed by atoms with Crippen molar-refractivity contribution in [3.8, 4) is 0 Å². The first-order chi connectivity index (χ1) is 26.0. The van der Waals surface area contributed by atoms with Crippen molar-refractivity contribution < 1.29 is 104 Å². The van der Waals surface area contributed by atoms with E-state index in [4.69, 9.17) is 20.4 Å². The van der Waals surface area contributed by atoms with Gasteiger partial charge in [-0.1, -0.05) is 83.1 Å². The van der Waals surface area contributed by atoms with Crippen LogP contribution >= 0.6 is 0 Å². The second-order valence-corrected chi connectivity index (χ2v) is 20.8. The van der Waals surface area contributed by atoms with Gasteiger partial charge in [-0.3, -0.25) is 57.5 Å². The summed E-state index contributed by atoms with van der Waals surface area (Å²) < 4.78 is 0. The van der Waals surface area contributed by atoms with Crippen LogP contribution in [0, 0.1) is 43.3 Å². The van der Waals surface area contributed by atoms with Crippen LogP contribution in [0.5, 0.6) is 0 Å². The van der Waals surface area contributed by atoms with Crippen molar-refractivity contribution in [3.05, 3.63) is 0 Å². The number of carbonyl (C=O) groups excluding carboxylic acids is 8. The Bertz CT molecular complexity index is 1430. The van der Waals surface area contributed by atoms with Crippen LogP contribution in [-0.4, -0.2) is 90.6 Å². The SMILES string of the molecule is CC(C)(C)C(=O)CC(=O)C(C)(C)C(=O)O.CC(C)(C)C(=O)CC(=O)C(C)(C)C(=O)O.CC(C)(C)C(=O)CC(=O)C(C)(C)C(=O)O.CC(C)(C)C(=O)CC(=O)C(C)(C)C(=O)O.[Zr]. The van der Waals surface area contributed by atoms with Crippen LogP contribution in [0.15, 0.2) is 0 Å². The Morgan fingerprint density at radius 3 is 0.410 bits per heavy atom. The molecule has 348 valence electrons. The molecule has 0 spiro atoms.